The molecule has 5 N–H and O–H groups in total. The Morgan fingerprint density at radius 2 is 1.94 bits per heavy atom. The van der Waals surface area contributed by atoms with Crippen molar-refractivity contribution >= 4 is 12.1 Å². The monoisotopic (exact) mass is 262 g/mol. The van der Waals surface area contributed by atoms with Gasteiger partial charge in [-0.3, -0.25) is 0 Å². The zero-order chi connectivity index (χ0) is 14.3. The van der Waals surface area contributed by atoms with Crippen LogP contribution in [-0.2, 0) is 9.53 Å². The Labute approximate surface area is 106 Å². The number of amides is 1. The van der Waals surface area contributed by atoms with Crippen molar-refractivity contribution < 1.29 is 30.3 Å². The molecule has 7 nitrogen and oxygen atoms in total. The summed E-state index contributed by atoms with van der Waals surface area (Å²) in [5.41, 5.74) is 2.77. The molecule has 106 valence electrons. The number of aliphatic hydroxyl groups is 1. The fourth-order valence-electron chi connectivity index (χ4n) is 1.13. The van der Waals surface area contributed by atoms with Gasteiger partial charge in [-0.25, -0.2) is 4.79 Å². The summed E-state index contributed by atoms with van der Waals surface area (Å²) in [6.07, 6.45) is -1.04. The molecule has 1 amide bonds. The van der Waals surface area contributed by atoms with E-state index >= 15 is 0 Å². The fraction of sp³-hybridized carbons (Fsp3) is 0.818. The number of rotatable bonds is 6. The highest BCUT2D eigenvalue weighted by Gasteiger charge is 2.17. The van der Waals surface area contributed by atoms with Crippen LogP contribution in [0, 0.1) is 0 Å². The van der Waals surface area contributed by atoms with Crippen LogP contribution >= 0.6 is 0 Å². The number of ether oxygens (including phenoxy) is 1. The smallest absolute Gasteiger partial charge is 0.407 e. The van der Waals surface area contributed by atoms with Crippen LogP contribution in [0.3, 0.4) is 0 Å². The van der Waals surface area contributed by atoms with Crippen molar-refractivity contribution in [1.82, 2.24) is 5.32 Å². The summed E-state index contributed by atoms with van der Waals surface area (Å²) < 4.78 is 4.97. The number of quaternary nitrogens is 1. The molecule has 0 aromatic heterocycles. The van der Waals surface area contributed by atoms with Crippen molar-refractivity contribution in [2.75, 3.05) is 6.54 Å². The molecule has 0 heterocycles. The van der Waals surface area contributed by atoms with Crippen molar-refractivity contribution in [1.29, 1.82) is 0 Å². The van der Waals surface area contributed by atoms with Crippen LogP contribution in [-0.4, -0.2) is 41.5 Å². The molecule has 7 heteroatoms. The van der Waals surface area contributed by atoms with Gasteiger partial charge in [-0.15, -0.1) is 0 Å². The molecular weight excluding hydrogens is 240 g/mol. The Kier molecular flexibility index (Phi) is 6.64. The average Bonchev–Trinajstić information content (AvgIpc) is 2.20. The highest BCUT2D eigenvalue weighted by Crippen LogP contribution is 2.06. The van der Waals surface area contributed by atoms with E-state index in [1.54, 1.807) is 20.8 Å². The standard InChI is InChI=1S/C11H22N2O5/c1-11(2,3)18-10(17)13-6-7(14)4-5-8(12)9(15)16/h7-8,14H,4-6,12H2,1-3H3,(H,13,17)(H,15,16)/t7-,8-/m1/s1. The first kappa shape index (κ1) is 16.7. The van der Waals surface area contributed by atoms with Crippen molar-refractivity contribution in [3.63, 3.8) is 0 Å². The second kappa shape index (κ2) is 7.17. The second-order valence-corrected chi connectivity index (χ2v) is 5.13. The Balaban J connectivity index is 3.80. The Morgan fingerprint density at radius 1 is 1.39 bits per heavy atom. The Morgan fingerprint density at radius 3 is 2.39 bits per heavy atom. The van der Waals surface area contributed by atoms with Crippen LogP contribution in [0.2, 0.25) is 0 Å². The summed E-state index contributed by atoms with van der Waals surface area (Å²) >= 11 is 0. The number of carbonyl (C=O) groups is 2. The van der Waals surface area contributed by atoms with E-state index in [2.05, 4.69) is 11.1 Å². The van der Waals surface area contributed by atoms with Crippen LogP contribution < -0.4 is 16.2 Å². The molecular formula is C11H22N2O5. The molecule has 0 aliphatic heterocycles. The predicted octanol–water partition coefficient (Wildman–Crippen LogP) is -1.99. The lowest BCUT2D eigenvalue weighted by molar-refractivity contribution is -0.438. The largest absolute Gasteiger partial charge is 0.544 e. The zero-order valence-electron chi connectivity index (χ0n) is 11.1. The summed E-state index contributed by atoms with van der Waals surface area (Å²) in [7, 11) is 0. The van der Waals surface area contributed by atoms with Crippen LogP contribution in [0.4, 0.5) is 4.79 Å². The molecule has 0 fully saturated rings. The van der Waals surface area contributed by atoms with Gasteiger partial charge in [0.2, 0.25) is 0 Å². The maximum atomic E-state index is 11.2. The number of alkyl carbamates (subject to hydrolysis) is 1. The molecule has 2 atom stereocenters. The van der Waals surface area contributed by atoms with Crippen molar-refractivity contribution in [2.24, 2.45) is 0 Å². The number of aliphatic hydroxyl groups excluding tert-OH is 1. The van der Waals surface area contributed by atoms with Gasteiger partial charge >= 0.3 is 6.09 Å². The van der Waals surface area contributed by atoms with E-state index in [9.17, 15) is 19.8 Å². The van der Waals surface area contributed by atoms with Crippen molar-refractivity contribution in [3.8, 4) is 0 Å². The Bertz CT molecular complexity index is 288. The number of hydrogen-bond acceptors (Lipinski definition) is 5. The first-order valence-electron chi connectivity index (χ1n) is 5.80. The number of hydrogen-bond donors (Lipinski definition) is 3. The average molecular weight is 262 g/mol. The van der Waals surface area contributed by atoms with Crippen molar-refractivity contribution in [3.05, 3.63) is 0 Å². The number of carboxylic acids is 1. The Hall–Kier alpha value is -1.34. The molecule has 0 unspecified atom stereocenters. The minimum absolute atomic E-state index is 0.00861. The molecule has 0 aromatic carbocycles. The topological polar surface area (TPSA) is 126 Å². The van der Waals surface area contributed by atoms with Gasteiger partial charge < -0.3 is 30.8 Å². The van der Waals surface area contributed by atoms with E-state index in [1.807, 2.05) is 0 Å². The highest BCUT2D eigenvalue weighted by molar-refractivity contribution is 5.69. The molecule has 0 aliphatic carbocycles. The molecule has 0 radical (unpaired) electrons. The maximum Gasteiger partial charge on any atom is 0.407 e. The summed E-state index contributed by atoms with van der Waals surface area (Å²) in [6, 6.07) is -0.860. The van der Waals surface area contributed by atoms with Crippen LogP contribution in [0.1, 0.15) is 33.6 Å². The lowest BCUT2D eigenvalue weighted by atomic mass is 10.1. The SMILES string of the molecule is CC(C)(C)OC(=O)NC[C@H](O)CC[C@@H]([NH3+])C(=O)[O-]. The lowest BCUT2D eigenvalue weighted by Crippen LogP contribution is -2.68. The molecule has 0 bridgehead atoms. The fourth-order valence-corrected chi connectivity index (χ4v) is 1.13. The number of carbonyl (C=O) groups excluding carboxylic acids is 2. The van der Waals surface area contributed by atoms with Gasteiger partial charge in [-0.2, -0.15) is 0 Å². The molecule has 0 saturated carbocycles. The molecule has 18 heavy (non-hydrogen) atoms. The lowest BCUT2D eigenvalue weighted by Gasteiger charge is -2.20. The number of aliphatic carboxylic acids is 1. The number of carboxylic acid groups (broad SMARTS) is 1. The van der Waals surface area contributed by atoms with Gasteiger partial charge in [-0.1, -0.05) is 0 Å². The van der Waals surface area contributed by atoms with E-state index in [4.69, 9.17) is 4.74 Å². The van der Waals surface area contributed by atoms with Gasteiger partial charge in [0.1, 0.15) is 11.6 Å². The van der Waals surface area contributed by atoms with E-state index in [0.29, 0.717) is 0 Å². The van der Waals surface area contributed by atoms with Crippen molar-refractivity contribution in [2.45, 2.75) is 51.4 Å². The van der Waals surface area contributed by atoms with Crippen LogP contribution in [0.5, 0.6) is 0 Å². The minimum Gasteiger partial charge on any atom is -0.544 e. The first-order valence-corrected chi connectivity index (χ1v) is 5.80. The van der Waals surface area contributed by atoms with Crippen LogP contribution in [0.15, 0.2) is 0 Å². The summed E-state index contributed by atoms with van der Waals surface area (Å²) in [5, 5.41) is 22.3. The quantitative estimate of drug-likeness (QED) is 0.511. The van der Waals surface area contributed by atoms with Gasteiger partial charge in [0.15, 0.2) is 0 Å². The third-order valence-corrected chi connectivity index (χ3v) is 2.06. The maximum absolute atomic E-state index is 11.2. The predicted molar refractivity (Wildman–Crippen MR) is 61.2 cm³/mol. The normalized spacial score (nSPS) is 14.7. The van der Waals surface area contributed by atoms with Gasteiger partial charge in [-0.05, 0) is 27.2 Å². The molecule has 0 rings (SSSR count). The van der Waals surface area contributed by atoms with E-state index in [0.717, 1.165) is 0 Å². The van der Waals surface area contributed by atoms with E-state index < -0.39 is 29.8 Å². The highest BCUT2D eigenvalue weighted by atomic mass is 16.6. The summed E-state index contributed by atoms with van der Waals surface area (Å²) in [4.78, 5) is 21.6. The third kappa shape index (κ3) is 8.77. The molecule has 0 aromatic rings. The zero-order valence-corrected chi connectivity index (χ0v) is 11.1. The second-order valence-electron chi connectivity index (χ2n) is 5.13. The first-order chi connectivity index (χ1) is 8.11. The number of nitrogens with one attached hydrogen (secondary N) is 1. The summed E-state index contributed by atoms with van der Waals surface area (Å²) in [6.45, 7) is 5.21. The van der Waals surface area contributed by atoms with E-state index in [-0.39, 0.29) is 19.4 Å². The van der Waals surface area contributed by atoms with Crippen LogP contribution in [0.25, 0.3) is 0 Å². The third-order valence-electron chi connectivity index (χ3n) is 2.06. The van der Waals surface area contributed by atoms with E-state index in [1.165, 1.54) is 0 Å². The molecule has 0 aliphatic rings. The van der Waals surface area contributed by atoms with Gasteiger partial charge in [0, 0.05) is 13.0 Å². The molecule has 0 spiro atoms. The van der Waals surface area contributed by atoms with Gasteiger partial charge in [0.05, 0.1) is 12.1 Å². The minimum atomic E-state index is -1.25. The molecule has 0 saturated heterocycles. The summed E-state index contributed by atoms with van der Waals surface area (Å²) in [5.74, 6) is -1.25. The van der Waals surface area contributed by atoms with Gasteiger partial charge in [0.25, 0.3) is 0 Å².